The number of quaternary nitrogens is 1. The van der Waals surface area contributed by atoms with E-state index in [1.165, 1.54) is 16.0 Å². The van der Waals surface area contributed by atoms with Gasteiger partial charge in [0, 0.05) is 12.2 Å². The van der Waals surface area contributed by atoms with E-state index >= 15 is 0 Å². The molecular weight excluding hydrogens is 434 g/mol. The third kappa shape index (κ3) is 4.27. The summed E-state index contributed by atoms with van der Waals surface area (Å²) in [5, 5.41) is 1.66. The van der Waals surface area contributed by atoms with Gasteiger partial charge in [-0.15, -0.1) is 11.3 Å². The second-order valence-electron chi connectivity index (χ2n) is 8.72. The summed E-state index contributed by atoms with van der Waals surface area (Å²) in [7, 11) is 0. The van der Waals surface area contributed by atoms with Crippen LogP contribution in [0.2, 0.25) is 0 Å². The molecule has 1 unspecified atom stereocenters. The molecule has 0 spiro atoms. The van der Waals surface area contributed by atoms with E-state index in [9.17, 15) is 4.79 Å². The Morgan fingerprint density at radius 1 is 1.06 bits per heavy atom. The van der Waals surface area contributed by atoms with Gasteiger partial charge in [-0.05, 0) is 30.5 Å². The fourth-order valence-electron chi connectivity index (χ4n) is 4.38. The minimum absolute atomic E-state index is 0.111. The van der Waals surface area contributed by atoms with Gasteiger partial charge in [-0.25, -0.2) is 4.98 Å². The Balaban J connectivity index is 1.58. The van der Waals surface area contributed by atoms with Crippen molar-refractivity contribution in [2.45, 2.75) is 50.3 Å². The van der Waals surface area contributed by atoms with Gasteiger partial charge in [0.1, 0.15) is 11.4 Å². The molecule has 164 valence electrons. The van der Waals surface area contributed by atoms with E-state index in [0.717, 1.165) is 46.2 Å². The lowest BCUT2D eigenvalue weighted by atomic mass is 10.0. The number of thiophene rings is 1. The molecule has 0 radical (unpaired) electrons. The summed E-state index contributed by atoms with van der Waals surface area (Å²) >= 11 is 3.38. The molecule has 0 aliphatic carbocycles. The Hall–Kier alpha value is -2.41. The third-order valence-electron chi connectivity index (χ3n) is 6.25. The molecule has 3 heterocycles. The first-order valence-corrected chi connectivity index (χ1v) is 13.0. The summed E-state index contributed by atoms with van der Waals surface area (Å²) in [4.78, 5) is 22.7. The molecule has 5 rings (SSSR count). The Labute approximate surface area is 196 Å². The summed E-state index contributed by atoms with van der Waals surface area (Å²) in [5.41, 5.74) is 3.71. The second kappa shape index (κ2) is 9.22. The van der Waals surface area contributed by atoms with Crippen LogP contribution in [0.1, 0.15) is 35.4 Å². The van der Waals surface area contributed by atoms with Gasteiger partial charge in [0.15, 0.2) is 5.16 Å². The van der Waals surface area contributed by atoms with Crippen LogP contribution in [0.4, 0.5) is 0 Å². The summed E-state index contributed by atoms with van der Waals surface area (Å²) in [6, 6.07) is 21.2. The van der Waals surface area contributed by atoms with E-state index in [1.54, 1.807) is 28.0 Å². The smallest absolute Gasteiger partial charge is 0.263 e. The topological polar surface area (TPSA) is 39.3 Å². The summed E-state index contributed by atoms with van der Waals surface area (Å²) in [6.45, 7) is 7.18. The number of nitrogens with one attached hydrogen (secondary N) is 1. The molecule has 1 N–H and O–H groups in total. The van der Waals surface area contributed by atoms with E-state index < -0.39 is 0 Å². The lowest BCUT2D eigenvalue weighted by Crippen LogP contribution is -3.14. The van der Waals surface area contributed by atoms with Crippen LogP contribution in [-0.4, -0.2) is 22.1 Å². The molecule has 2 aromatic heterocycles. The average Bonchev–Trinajstić information content (AvgIpc) is 3.19. The number of thioether (sulfide) groups is 1. The van der Waals surface area contributed by atoms with Gasteiger partial charge >= 0.3 is 0 Å². The van der Waals surface area contributed by atoms with Crippen molar-refractivity contribution in [1.82, 2.24) is 9.55 Å². The molecule has 0 amide bonds. The van der Waals surface area contributed by atoms with Gasteiger partial charge in [0.05, 0.1) is 29.4 Å². The van der Waals surface area contributed by atoms with Crippen LogP contribution in [-0.2, 0) is 25.3 Å². The number of fused-ring (bicyclic) bond motifs is 3. The van der Waals surface area contributed by atoms with Crippen molar-refractivity contribution in [2.24, 2.45) is 0 Å². The van der Waals surface area contributed by atoms with E-state index in [-0.39, 0.29) is 5.56 Å². The van der Waals surface area contributed by atoms with Gasteiger partial charge in [-0.3, -0.25) is 9.36 Å². The molecule has 6 heteroatoms. The molecule has 0 bridgehead atoms. The Morgan fingerprint density at radius 3 is 2.44 bits per heavy atom. The lowest BCUT2D eigenvalue weighted by molar-refractivity contribution is -0.936. The highest BCUT2D eigenvalue weighted by atomic mass is 32.2. The Morgan fingerprint density at radius 2 is 1.75 bits per heavy atom. The Kier molecular flexibility index (Phi) is 6.17. The van der Waals surface area contributed by atoms with Crippen molar-refractivity contribution in [3.63, 3.8) is 0 Å². The van der Waals surface area contributed by atoms with Crippen LogP contribution >= 0.6 is 23.1 Å². The van der Waals surface area contributed by atoms with Crippen LogP contribution < -0.4 is 10.5 Å². The van der Waals surface area contributed by atoms with Crippen LogP contribution in [0.25, 0.3) is 10.2 Å². The van der Waals surface area contributed by atoms with Crippen molar-refractivity contribution < 1.29 is 4.90 Å². The normalized spacial score (nSPS) is 15.9. The van der Waals surface area contributed by atoms with Crippen LogP contribution in [0.5, 0.6) is 0 Å². The van der Waals surface area contributed by atoms with E-state index in [1.807, 2.05) is 28.8 Å². The molecule has 4 aromatic rings. The van der Waals surface area contributed by atoms with Crippen LogP contribution in [0.3, 0.4) is 0 Å². The van der Waals surface area contributed by atoms with E-state index in [0.29, 0.717) is 12.6 Å². The average molecular weight is 463 g/mol. The van der Waals surface area contributed by atoms with Crippen molar-refractivity contribution in [3.05, 3.63) is 92.6 Å². The zero-order valence-electron chi connectivity index (χ0n) is 18.5. The summed E-state index contributed by atoms with van der Waals surface area (Å²) < 4.78 is 1.89. The van der Waals surface area contributed by atoms with Gasteiger partial charge in [0.25, 0.3) is 5.56 Å². The largest absolute Gasteiger partial charge is 0.328 e. The maximum Gasteiger partial charge on any atom is 0.263 e. The number of hydrogen-bond acceptors (Lipinski definition) is 4. The SMILES string of the molecule is CC(C)[NH+]1CCc2c(sc3nc(SCc4ccccc4)n(Cc4ccccc4)c(=O)c23)C1. The third-order valence-corrected chi connectivity index (χ3v) is 8.43. The predicted molar refractivity (Wildman–Crippen MR) is 134 cm³/mol. The molecule has 2 aromatic carbocycles. The highest BCUT2D eigenvalue weighted by molar-refractivity contribution is 7.98. The van der Waals surface area contributed by atoms with Gasteiger partial charge in [-0.2, -0.15) is 0 Å². The lowest BCUT2D eigenvalue weighted by Gasteiger charge is -2.27. The van der Waals surface area contributed by atoms with Crippen molar-refractivity contribution >= 4 is 33.3 Å². The first kappa shape index (κ1) is 21.4. The number of aromatic nitrogens is 2. The van der Waals surface area contributed by atoms with E-state index in [2.05, 4.69) is 50.2 Å². The minimum atomic E-state index is 0.111. The number of rotatable bonds is 6. The monoisotopic (exact) mass is 462 g/mol. The maximum absolute atomic E-state index is 13.8. The molecule has 1 aliphatic rings. The summed E-state index contributed by atoms with van der Waals surface area (Å²) in [5.74, 6) is 0.796. The zero-order valence-corrected chi connectivity index (χ0v) is 20.1. The molecule has 1 atom stereocenters. The van der Waals surface area contributed by atoms with Crippen molar-refractivity contribution in [1.29, 1.82) is 0 Å². The molecule has 1 aliphatic heterocycles. The molecule has 0 saturated heterocycles. The highest BCUT2D eigenvalue weighted by Gasteiger charge is 2.28. The fourth-order valence-corrected chi connectivity index (χ4v) is 6.65. The quantitative estimate of drug-likeness (QED) is 0.346. The van der Waals surface area contributed by atoms with Crippen LogP contribution in [0.15, 0.2) is 70.6 Å². The molecule has 4 nitrogen and oxygen atoms in total. The number of benzene rings is 2. The first-order valence-electron chi connectivity index (χ1n) is 11.2. The zero-order chi connectivity index (χ0) is 22.1. The molecule has 0 saturated carbocycles. The highest BCUT2D eigenvalue weighted by Crippen LogP contribution is 2.32. The maximum atomic E-state index is 13.8. The predicted octanol–water partition coefficient (Wildman–Crippen LogP) is 4.15. The molecular formula is C26H28N3OS2+. The van der Waals surface area contributed by atoms with Crippen molar-refractivity contribution in [2.75, 3.05) is 6.54 Å². The van der Waals surface area contributed by atoms with Gasteiger partial charge < -0.3 is 4.90 Å². The van der Waals surface area contributed by atoms with Gasteiger partial charge in [0.2, 0.25) is 0 Å². The van der Waals surface area contributed by atoms with Crippen LogP contribution in [0, 0.1) is 0 Å². The fraction of sp³-hybridized carbons (Fsp3) is 0.308. The van der Waals surface area contributed by atoms with Crippen molar-refractivity contribution in [3.8, 4) is 0 Å². The minimum Gasteiger partial charge on any atom is -0.328 e. The first-order chi connectivity index (χ1) is 15.6. The second-order valence-corrected chi connectivity index (χ2v) is 10.7. The number of hydrogen-bond donors (Lipinski definition) is 1. The summed E-state index contributed by atoms with van der Waals surface area (Å²) in [6.07, 6.45) is 0.960. The molecule has 32 heavy (non-hydrogen) atoms. The standard InChI is InChI=1S/C26H27N3OS2/c1-18(2)28-14-13-21-22(16-28)32-24-23(21)25(30)29(15-19-9-5-3-6-10-19)26(27-24)31-17-20-11-7-4-8-12-20/h3-12,18H,13-17H2,1-2H3/p+1. The molecule has 0 fully saturated rings. The van der Waals surface area contributed by atoms with Gasteiger partial charge in [-0.1, -0.05) is 72.4 Å². The number of nitrogens with zero attached hydrogens (tertiary/aromatic N) is 2. The Bertz CT molecular complexity index is 1280. The van der Waals surface area contributed by atoms with E-state index in [4.69, 9.17) is 4.98 Å².